The van der Waals surface area contributed by atoms with Gasteiger partial charge in [0.15, 0.2) is 0 Å². The lowest BCUT2D eigenvalue weighted by Crippen LogP contribution is -2.41. The summed E-state index contributed by atoms with van der Waals surface area (Å²) in [5.41, 5.74) is 6.04. The highest BCUT2D eigenvalue weighted by Gasteiger charge is 2.29. The number of pyridine rings is 1. The van der Waals surface area contributed by atoms with Crippen molar-refractivity contribution in [1.29, 1.82) is 0 Å². The van der Waals surface area contributed by atoms with Crippen LogP contribution in [0.5, 0.6) is 0 Å². The molecule has 2 aliphatic rings. The maximum Gasteiger partial charge on any atom is 0.254 e. The molecular formula is C24H35Cl2N3O2. The summed E-state index contributed by atoms with van der Waals surface area (Å²) < 4.78 is 0. The molecule has 5 nitrogen and oxygen atoms in total. The number of fused-ring (bicyclic) bond motifs is 1. The Morgan fingerprint density at radius 1 is 1.06 bits per heavy atom. The van der Waals surface area contributed by atoms with Crippen molar-refractivity contribution >= 4 is 30.7 Å². The first-order chi connectivity index (χ1) is 13.6. The highest BCUT2D eigenvalue weighted by molar-refractivity contribution is 5.97. The van der Waals surface area contributed by atoms with Crippen molar-refractivity contribution < 1.29 is 10.3 Å². The van der Waals surface area contributed by atoms with Crippen LogP contribution in [-0.4, -0.2) is 58.9 Å². The fourth-order valence-corrected chi connectivity index (χ4v) is 4.62. The van der Waals surface area contributed by atoms with Gasteiger partial charge in [-0.1, -0.05) is 6.07 Å². The van der Waals surface area contributed by atoms with Crippen molar-refractivity contribution in [2.75, 3.05) is 32.7 Å². The zero-order valence-electron chi connectivity index (χ0n) is 18.5. The van der Waals surface area contributed by atoms with Gasteiger partial charge in [-0.25, -0.2) is 0 Å². The smallest absolute Gasteiger partial charge is 0.254 e. The van der Waals surface area contributed by atoms with Gasteiger partial charge in [-0.2, -0.15) is 0 Å². The summed E-state index contributed by atoms with van der Waals surface area (Å²) in [6.07, 6.45) is 8.24. The van der Waals surface area contributed by atoms with E-state index >= 15 is 0 Å². The quantitative estimate of drug-likeness (QED) is 0.650. The number of aromatic nitrogens is 1. The molecule has 2 aliphatic heterocycles. The molecule has 0 saturated carbocycles. The molecule has 1 aromatic carbocycles. The van der Waals surface area contributed by atoms with Gasteiger partial charge < -0.3 is 15.3 Å². The number of hydrogen-bond acceptors (Lipinski definition) is 3. The Hall–Kier alpha value is -1.66. The molecule has 0 aliphatic carbocycles. The third-order valence-electron chi connectivity index (χ3n) is 6.43. The van der Waals surface area contributed by atoms with Gasteiger partial charge in [-0.15, -0.1) is 24.8 Å². The Balaban J connectivity index is 0.00000160. The van der Waals surface area contributed by atoms with Crippen LogP contribution < -0.4 is 0 Å². The molecular weight excluding hydrogens is 433 g/mol. The highest BCUT2D eigenvalue weighted by atomic mass is 35.5. The number of aryl methyl sites for hydroxylation is 3. The van der Waals surface area contributed by atoms with Gasteiger partial charge in [-0.05, 0) is 99.0 Å². The third kappa shape index (κ3) is 6.66. The van der Waals surface area contributed by atoms with E-state index in [2.05, 4.69) is 52.9 Å². The second kappa shape index (κ2) is 12.4. The fraction of sp³-hybridized carbons (Fsp3) is 0.500. The molecule has 0 bridgehead atoms. The minimum absolute atomic E-state index is 0. The van der Waals surface area contributed by atoms with Crippen LogP contribution in [0.2, 0.25) is 0 Å². The lowest BCUT2D eigenvalue weighted by atomic mass is 9.93. The summed E-state index contributed by atoms with van der Waals surface area (Å²) in [5, 5.41) is 0. The van der Waals surface area contributed by atoms with E-state index in [1.165, 1.54) is 35.1 Å². The highest BCUT2D eigenvalue weighted by Crippen LogP contribution is 2.25. The Labute approximate surface area is 198 Å². The molecule has 1 unspecified atom stereocenters. The number of nitrogens with zero attached hydrogens (tertiary/aromatic N) is 3. The van der Waals surface area contributed by atoms with Crippen molar-refractivity contribution in [2.24, 2.45) is 5.92 Å². The lowest BCUT2D eigenvalue weighted by molar-refractivity contribution is 0.0712. The average Bonchev–Trinajstić information content (AvgIpc) is 3.14. The largest absolute Gasteiger partial charge is 0.412 e. The van der Waals surface area contributed by atoms with Crippen LogP contribution in [0, 0.1) is 19.8 Å². The van der Waals surface area contributed by atoms with Gasteiger partial charge in [-0.3, -0.25) is 9.78 Å². The van der Waals surface area contributed by atoms with Gasteiger partial charge >= 0.3 is 0 Å². The first-order valence-electron chi connectivity index (χ1n) is 10.6. The SMILES string of the molecule is Cc1cc2c(cc1C)C(=O)N(CC1CCN(CCCc3ccncc3)C1)CC2.Cl.Cl.O. The molecule has 3 heterocycles. The number of carbonyl (C=O) groups excluding carboxylic acids is 1. The van der Waals surface area contributed by atoms with Gasteiger partial charge in [0.05, 0.1) is 0 Å². The van der Waals surface area contributed by atoms with E-state index in [0.29, 0.717) is 5.92 Å². The van der Waals surface area contributed by atoms with E-state index in [4.69, 9.17) is 0 Å². The Kier molecular flexibility index (Phi) is 10.9. The maximum absolute atomic E-state index is 13.0. The van der Waals surface area contributed by atoms with Crippen molar-refractivity contribution in [3.63, 3.8) is 0 Å². The van der Waals surface area contributed by atoms with Crippen LogP contribution in [0.15, 0.2) is 36.7 Å². The predicted molar refractivity (Wildman–Crippen MR) is 131 cm³/mol. The average molecular weight is 468 g/mol. The fourth-order valence-electron chi connectivity index (χ4n) is 4.62. The standard InChI is InChI=1S/C24H31N3O.2ClH.H2O/c1-18-14-22-8-13-27(24(28)23(22)15-19(18)2)17-21-7-12-26(16-21)11-3-4-20-5-9-25-10-6-20;;;/h5-6,9-10,14-15,21H,3-4,7-8,11-13,16-17H2,1-2H3;2*1H;1H2. The summed E-state index contributed by atoms with van der Waals surface area (Å²) in [4.78, 5) is 21.7. The van der Waals surface area contributed by atoms with Crippen LogP contribution in [0.4, 0.5) is 0 Å². The van der Waals surface area contributed by atoms with E-state index in [9.17, 15) is 4.79 Å². The number of halogens is 2. The van der Waals surface area contributed by atoms with Crippen LogP contribution in [0.3, 0.4) is 0 Å². The molecule has 0 radical (unpaired) electrons. The maximum atomic E-state index is 13.0. The van der Waals surface area contributed by atoms with Crippen molar-refractivity contribution in [3.05, 3.63) is 64.5 Å². The van der Waals surface area contributed by atoms with Crippen molar-refractivity contribution in [2.45, 2.75) is 39.5 Å². The van der Waals surface area contributed by atoms with Gasteiger partial charge in [0.25, 0.3) is 5.91 Å². The number of carbonyl (C=O) groups is 1. The topological polar surface area (TPSA) is 67.9 Å². The van der Waals surface area contributed by atoms with E-state index in [0.717, 1.165) is 51.1 Å². The minimum atomic E-state index is 0. The Morgan fingerprint density at radius 3 is 2.52 bits per heavy atom. The van der Waals surface area contributed by atoms with E-state index in [1.54, 1.807) is 0 Å². The number of benzene rings is 1. The summed E-state index contributed by atoms with van der Waals surface area (Å²) >= 11 is 0. The summed E-state index contributed by atoms with van der Waals surface area (Å²) in [6.45, 7) is 9.45. The zero-order chi connectivity index (χ0) is 19.5. The van der Waals surface area contributed by atoms with Gasteiger partial charge in [0, 0.05) is 37.6 Å². The molecule has 1 aromatic heterocycles. The van der Waals surface area contributed by atoms with Gasteiger partial charge in [0.1, 0.15) is 0 Å². The number of hydrogen-bond donors (Lipinski definition) is 0. The summed E-state index contributed by atoms with van der Waals surface area (Å²) in [6, 6.07) is 8.52. The number of amides is 1. The second-order valence-electron chi connectivity index (χ2n) is 8.51. The minimum Gasteiger partial charge on any atom is -0.412 e. The molecule has 1 atom stereocenters. The van der Waals surface area contributed by atoms with E-state index in [1.807, 2.05) is 12.4 Å². The molecule has 1 amide bonds. The lowest BCUT2D eigenvalue weighted by Gasteiger charge is -2.31. The molecule has 2 N–H and O–H groups in total. The molecule has 0 spiro atoms. The zero-order valence-corrected chi connectivity index (χ0v) is 20.1. The van der Waals surface area contributed by atoms with E-state index < -0.39 is 0 Å². The molecule has 1 fully saturated rings. The normalized spacial score (nSPS) is 17.9. The number of rotatable bonds is 6. The molecule has 2 aromatic rings. The van der Waals surface area contributed by atoms with E-state index in [-0.39, 0.29) is 36.2 Å². The molecule has 31 heavy (non-hydrogen) atoms. The monoisotopic (exact) mass is 467 g/mol. The van der Waals surface area contributed by atoms with Crippen molar-refractivity contribution in [1.82, 2.24) is 14.8 Å². The van der Waals surface area contributed by atoms with Crippen molar-refractivity contribution in [3.8, 4) is 0 Å². The van der Waals surface area contributed by atoms with Crippen LogP contribution in [-0.2, 0) is 12.8 Å². The first kappa shape index (κ1) is 27.4. The second-order valence-corrected chi connectivity index (χ2v) is 8.51. The number of likely N-dealkylation sites (tertiary alicyclic amines) is 1. The summed E-state index contributed by atoms with van der Waals surface area (Å²) in [7, 11) is 0. The van der Waals surface area contributed by atoms with Crippen LogP contribution in [0.25, 0.3) is 0 Å². The van der Waals surface area contributed by atoms with Crippen LogP contribution >= 0.6 is 24.8 Å². The molecule has 7 heteroatoms. The first-order valence-corrected chi connectivity index (χ1v) is 10.6. The molecule has 172 valence electrons. The summed E-state index contributed by atoms with van der Waals surface area (Å²) in [5.74, 6) is 0.846. The molecule has 4 rings (SSSR count). The predicted octanol–water partition coefficient (Wildman–Crippen LogP) is 3.67. The Bertz CT molecular complexity index is 848. The molecule has 1 saturated heterocycles. The third-order valence-corrected chi connectivity index (χ3v) is 6.43. The Morgan fingerprint density at radius 2 is 1.77 bits per heavy atom. The van der Waals surface area contributed by atoms with Gasteiger partial charge in [0.2, 0.25) is 0 Å². The van der Waals surface area contributed by atoms with Crippen LogP contribution in [0.1, 0.15) is 45.5 Å².